The molecule has 8 heteroatoms. The van der Waals surface area contributed by atoms with Crippen LogP contribution in [0.5, 0.6) is 0 Å². The first-order chi connectivity index (χ1) is 18.2. The van der Waals surface area contributed by atoms with E-state index < -0.39 is 5.60 Å². The molecule has 1 aromatic carbocycles. The average molecular weight is 580 g/mol. The first kappa shape index (κ1) is 26.6. The number of rotatable bonds is 6. The number of hydrogen-bond donors (Lipinski definition) is 1. The molecule has 38 heavy (non-hydrogen) atoms. The van der Waals surface area contributed by atoms with Crippen molar-refractivity contribution in [3.63, 3.8) is 0 Å². The van der Waals surface area contributed by atoms with Crippen molar-refractivity contribution < 1.29 is 9.53 Å². The maximum atomic E-state index is 13.4. The summed E-state index contributed by atoms with van der Waals surface area (Å²) in [6.07, 6.45) is 11.8. The summed E-state index contributed by atoms with van der Waals surface area (Å²) in [7, 11) is 0. The highest BCUT2D eigenvalue weighted by molar-refractivity contribution is 9.10. The normalized spacial score (nSPS) is 14.8. The molecule has 0 radical (unpaired) electrons. The Labute approximate surface area is 231 Å². The Bertz CT molecular complexity index is 1530. The summed E-state index contributed by atoms with van der Waals surface area (Å²) in [6.45, 7) is 6.84. The van der Waals surface area contributed by atoms with Gasteiger partial charge in [0.25, 0.3) is 5.56 Å². The van der Waals surface area contributed by atoms with Gasteiger partial charge >= 0.3 is 6.09 Å². The molecule has 0 unspecified atom stereocenters. The topological polar surface area (TPSA) is 78.2 Å². The van der Waals surface area contributed by atoms with Crippen molar-refractivity contribution in [1.29, 1.82) is 0 Å². The molecule has 1 aliphatic carbocycles. The number of nitrogens with one attached hydrogen (secondary N) is 1. The summed E-state index contributed by atoms with van der Waals surface area (Å²) < 4.78 is 9.97. The Morgan fingerprint density at radius 3 is 2.66 bits per heavy atom. The third kappa shape index (κ3) is 5.86. The van der Waals surface area contributed by atoms with Gasteiger partial charge in [-0.05, 0) is 73.3 Å². The number of carbonyl (C=O) groups excluding carboxylic acids is 1. The second-order valence-corrected chi connectivity index (χ2v) is 12.1. The largest absolute Gasteiger partial charge is 0.443 e. The Kier molecular flexibility index (Phi) is 7.73. The number of nitrogens with zero attached hydrogens (tertiary/aromatic N) is 3. The van der Waals surface area contributed by atoms with Crippen LogP contribution in [-0.4, -0.2) is 38.4 Å². The lowest BCUT2D eigenvalue weighted by molar-refractivity contribution is 0.0540. The number of pyridine rings is 2. The Morgan fingerprint density at radius 1 is 1.11 bits per heavy atom. The number of carbonyl (C=O) groups is 1. The van der Waals surface area contributed by atoms with Gasteiger partial charge in [-0.1, -0.05) is 31.4 Å². The second-order valence-electron chi connectivity index (χ2n) is 11.2. The van der Waals surface area contributed by atoms with Crippen LogP contribution in [0.15, 0.2) is 58.2 Å². The third-order valence-corrected chi connectivity index (χ3v) is 7.78. The number of hydrogen-bond acceptors (Lipinski definition) is 5. The Hall–Kier alpha value is -2.97. The van der Waals surface area contributed by atoms with Crippen molar-refractivity contribution in [2.75, 3.05) is 6.54 Å². The predicted octanol–water partition coefficient (Wildman–Crippen LogP) is 6.41. The van der Waals surface area contributed by atoms with Crippen LogP contribution in [0.1, 0.15) is 64.1 Å². The minimum atomic E-state index is -0.608. The first-order valence-electron chi connectivity index (χ1n) is 13.4. The van der Waals surface area contributed by atoms with Gasteiger partial charge in [0.15, 0.2) is 0 Å². The van der Waals surface area contributed by atoms with E-state index in [1.165, 1.54) is 32.1 Å². The summed E-state index contributed by atoms with van der Waals surface area (Å²) in [5.74, 6) is 0. The molecule has 1 saturated carbocycles. The molecule has 3 heterocycles. The number of ether oxygens (including phenoxy) is 1. The molecule has 0 aliphatic heterocycles. The van der Waals surface area contributed by atoms with Crippen molar-refractivity contribution in [2.45, 2.75) is 77.5 Å². The van der Waals surface area contributed by atoms with Crippen LogP contribution in [-0.2, 0) is 17.7 Å². The van der Waals surface area contributed by atoms with E-state index in [0.29, 0.717) is 18.0 Å². The summed E-state index contributed by atoms with van der Waals surface area (Å²) in [5.41, 5.74) is 1.94. The van der Waals surface area contributed by atoms with E-state index in [9.17, 15) is 9.59 Å². The highest BCUT2D eigenvalue weighted by atomic mass is 79.9. The van der Waals surface area contributed by atoms with Gasteiger partial charge in [-0.2, -0.15) is 0 Å². The molecule has 1 aliphatic rings. The average Bonchev–Trinajstić information content (AvgIpc) is 3.23. The number of benzene rings is 1. The molecule has 0 amide bonds. The maximum Gasteiger partial charge on any atom is 0.419 e. The molecule has 1 N–H and O–H groups in total. The van der Waals surface area contributed by atoms with Gasteiger partial charge in [-0.3, -0.25) is 9.78 Å². The third-order valence-electron chi connectivity index (χ3n) is 7.14. The SMILES string of the molecule is CC(C)(C)OC(=O)n1c(CCNC2CCCCC2)cc2ccc(Cn3ccc4c(Br)cncc4c3=O)cc21. The van der Waals surface area contributed by atoms with Crippen molar-refractivity contribution in [3.8, 4) is 0 Å². The van der Waals surface area contributed by atoms with Crippen molar-refractivity contribution in [1.82, 2.24) is 19.4 Å². The van der Waals surface area contributed by atoms with Crippen molar-refractivity contribution in [2.24, 2.45) is 0 Å². The van der Waals surface area contributed by atoms with E-state index in [2.05, 4.69) is 32.3 Å². The van der Waals surface area contributed by atoms with E-state index in [1.807, 2.05) is 45.0 Å². The molecule has 1 fully saturated rings. The summed E-state index contributed by atoms with van der Waals surface area (Å²) >= 11 is 3.47. The highest BCUT2D eigenvalue weighted by Crippen LogP contribution is 2.25. The van der Waals surface area contributed by atoms with Crippen molar-refractivity contribution in [3.05, 3.63) is 75.0 Å². The molecular weight excluding hydrogens is 544 g/mol. The molecule has 5 rings (SSSR count). The summed E-state index contributed by atoms with van der Waals surface area (Å²) in [5, 5.41) is 6.06. The van der Waals surface area contributed by atoms with Gasteiger partial charge in [0.1, 0.15) is 5.60 Å². The fraction of sp³-hybridized carbons (Fsp3) is 0.433. The molecule has 0 spiro atoms. The molecule has 3 aromatic heterocycles. The van der Waals surface area contributed by atoms with Gasteiger partial charge < -0.3 is 14.6 Å². The maximum absolute atomic E-state index is 13.4. The number of fused-ring (bicyclic) bond motifs is 2. The standard InChI is InChI=1S/C30H35BrN4O3/c1-30(2,3)38-29(37)35-23(11-13-33-22-7-5-4-6-8-22)16-21-10-9-20(15-27(21)35)19-34-14-12-24-25(28(34)36)17-32-18-26(24)31/h9-10,12,14-18,22,33H,4-8,11,13,19H2,1-3H3. The smallest absolute Gasteiger partial charge is 0.419 e. The van der Waals surface area contributed by atoms with Crippen LogP contribution in [0.3, 0.4) is 0 Å². The number of halogens is 1. The lowest BCUT2D eigenvalue weighted by Gasteiger charge is -2.23. The molecule has 0 saturated heterocycles. The monoisotopic (exact) mass is 578 g/mol. The van der Waals surface area contributed by atoms with E-state index in [4.69, 9.17) is 4.74 Å². The van der Waals surface area contributed by atoms with Gasteiger partial charge in [0, 0.05) is 58.5 Å². The molecular formula is C30H35BrN4O3. The first-order valence-corrected chi connectivity index (χ1v) is 14.2. The molecule has 0 bridgehead atoms. The van der Waals surface area contributed by atoms with Crippen LogP contribution in [0.4, 0.5) is 4.79 Å². The molecule has 200 valence electrons. The van der Waals surface area contributed by atoms with Crippen LogP contribution >= 0.6 is 15.9 Å². The zero-order valence-corrected chi connectivity index (χ0v) is 23.9. The van der Waals surface area contributed by atoms with Gasteiger partial charge in [-0.15, -0.1) is 0 Å². The van der Waals surface area contributed by atoms with Gasteiger partial charge in [0.05, 0.1) is 17.4 Å². The minimum Gasteiger partial charge on any atom is -0.443 e. The minimum absolute atomic E-state index is 0.103. The molecule has 0 atom stereocenters. The zero-order valence-electron chi connectivity index (χ0n) is 22.3. The fourth-order valence-electron chi connectivity index (χ4n) is 5.31. The fourth-order valence-corrected chi connectivity index (χ4v) is 5.78. The molecule has 7 nitrogen and oxygen atoms in total. The second kappa shape index (κ2) is 11.0. The number of aromatic nitrogens is 3. The van der Waals surface area contributed by atoms with Crippen LogP contribution in [0.2, 0.25) is 0 Å². The summed E-state index contributed by atoms with van der Waals surface area (Å²) in [6, 6.07) is 10.6. The van der Waals surface area contributed by atoms with Crippen LogP contribution in [0, 0.1) is 0 Å². The lowest BCUT2D eigenvalue weighted by Crippen LogP contribution is -2.33. The van der Waals surface area contributed by atoms with Gasteiger partial charge in [-0.25, -0.2) is 9.36 Å². The summed E-state index contributed by atoms with van der Waals surface area (Å²) in [4.78, 5) is 30.7. The van der Waals surface area contributed by atoms with Crippen molar-refractivity contribution >= 4 is 43.7 Å². The van der Waals surface area contributed by atoms with Gasteiger partial charge in [0.2, 0.25) is 0 Å². The van der Waals surface area contributed by atoms with E-state index in [-0.39, 0.29) is 11.7 Å². The molecule has 4 aromatic rings. The predicted molar refractivity (Wildman–Crippen MR) is 155 cm³/mol. The van der Waals surface area contributed by atoms with E-state index >= 15 is 0 Å². The van der Waals surface area contributed by atoms with Crippen LogP contribution < -0.4 is 10.9 Å². The Morgan fingerprint density at radius 2 is 1.89 bits per heavy atom. The van der Waals surface area contributed by atoms with Crippen LogP contribution in [0.25, 0.3) is 21.7 Å². The lowest BCUT2D eigenvalue weighted by atomic mass is 9.95. The van der Waals surface area contributed by atoms with E-state index in [1.54, 1.807) is 27.7 Å². The Balaban J connectivity index is 1.46. The van der Waals surface area contributed by atoms with E-state index in [0.717, 1.165) is 45.0 Å². The zero-order chi connectivity index (χ0) is 26.9. The quantitative estimate of drug-likeness (QED) is 0.286. The highest BCUT2D eigenvalue weighted by Gasteiger charge is 2.23.